The van der Waals surface area contributed by atoms with Gasteiger partial charge in [-0.05, 0) is 50.4 Å². The van der Waals surface area contributed by atoms with Crippen LogP contribution in [-0.2, 0) is 33.8 Å². The van der Waals surface area contributed by atoms with Crippen LogP contribution >= 0.6 is 0 Å². The molecule has 2 fully saturated rings. The summed E-state index contributed by atoms with van der Waals surface area (Å²) in [5.41, 5.74) is 10.5. The van der Waals surface area contributed by atoms with Gasteiger partial charge in [0.1, 0.15) is 17.4 Å². The molecular formula is C25H33N3O7. The summed E-state index contributed by atoms with van der Waals surface area (Å²) in [6.45, 7) is 2.02. The Labute approximate surface area is 203 Å². The molecule has 35 heavy (non-hydrogen) atoms. The number of phenols is 1. The number of aliphatic hydroxyl groups is 3. The SMILES string of the molecule is CCCc1cc(CN)c(O)c2c1C[C@@H]1C[C@@H]3[C@@H](N(C)C)C(O)C(C(N)=O)C(=O)[C@]3(O)C(=O)C1=C2O. The van der Waals surface area contributed by atoms with Gasteiger partial charge in [0.2, 0.25) is 11.7 Å². The van der Waals surface area contributed by atoms with E-state index in [2.05, 4.69) is 0 Å². The monoisotopic (exact) mass is 487 g/mol. The van der Waals surface area contributed by atoms with Gasteiger partial charge in [-0.1, -0.05) is 19.4 Å². The Bertz CT molecular complexity index is 1140. The van der Waals surface area contributed by atoms with Crippen LogP contribution in [0.25, 0.3) is 5.76 Å². The average molecular weight is 488 g/mol. The second-order valence-electron chi connectivity index (χ2n) is 10.1. The molecule has 1 aromatic rings. The summed E-state index contributed by atoms with van der Waals surface area (Å²) in [6, 6.07) is 0.901. The first-order valence-corrected chi connectivity index (χ1v) is 11.9. The van der Waals surface area contributed by atoms with Crippen LogP contribution in [0.3, 0.4) is 0 Å². The number of likely N-dealkylation sites (N-methyl/N-ethyl adjacent to an activating group) is 1. The van der Waals surface area contributed by atoms with Crippen molar-refractivity contribution in [2.24, 2.45) is 29.2 Å². The molecular weight excluding hydrogens is 454 g/mol. The summed E-state index contributed by atoms with van der Waals surface area (Å²) in [7, 11) is 3.24. The van der Waals surface area contributed by atoms with Crippen LogP contribution in [0.4, 0.5) is 0 Å². The van der Waals surface area contributed by atoms with Gasteiger partial charge in [-0.2, -0.15) is 0 Å². The highest BCUT2D eigenvalue weighted by atomic mass is 16.3. The first-order valence-electron chi connectivity index (χ1n) is 11.9. The van der Waals surface area contributed by atoms with Crippen LogP contribution in [0.2, 0.25) is 0 Å². The number of nitrogens with two attached hydrogens (primary N) is 2. The third kappa shape index (κ3) is 3.42. The first-order chi connectivity index (χ1) is 16.4. The largest absolute Gasteiger partial charge is 0.507 e. The number of nitrogens with zero attached hydrogens (tertiary/aromatic N) is 1. The molecule has 8 N–H and O–H groups in total. The van der Waals surface area contributed by atoms with Crippen molar-refractivity contribution in [1.29, 1.82) is 0 Å². The van der Waals surface area contributed by atoms with Crippen molar-refractivity contribution in [2.45, 2.75) is 56.9 Å². The van der Waals surface area contributed by atoms with Gasteiger partial charge in [-0.25, -0.2) is 0 Å². The zero-order chi connectivity index (χ0) is 26.0. The maximum atomic E-state index is 13.8. The van der Waals surface area contributed by atoms with Crippen molar-refractivity contribution in [2.75, 3.05) is 14.1 Å². The van der Waals surface area contributed by atoms with E-state index in [9.17, 15) is 34.8 Å². The number of rotatable bonds is 5. The summed E-state index contributed by atoms with van der Waals surface area (Å²) in [5.74, 6) is -7.43. The Morgan fingerprint density at radius 3 is 2.43 bits per heavy atom. The Morgan fingerprint density at radius 1 is 1.23 bits per heavy atom. The summed E-state index contributed by atoms with van der Waals surface area (Å²) >= 11 is 0. The summed E-state index contributed by atoms with van der Waals surface area (Å²) in [5, 5.41) is 44.7. The lowest BCUT2D eigenvalue weighted by atomic mass is 9.54. The third-order valence-corrected chi connectivity index (χ3v) is 8.00. The fourth-order valence-electron chi connectivity index (χ4n) is 6.46. The molecule has 3 aliphatic rings. The van der Waals surface area contributed by atoms with E-state index in [-0.39, 0.29) is 29.9 Å². The van der Waals surface area contributed by atoms with Crippen molar-refractivity contribution in [3.05, 3.63) is 33.9 Å². The van der Waals surface area contributed by atoms with Crippen LogP contribution < -0.4 is 11.5 Å². The number of Topliss-reactive ketones (excluding diaryl/α,β-unsaturated/α-hetero) is 2. The summed E-state index contributed by atoms with van der Waals surface area (Å²) < 4.78 is 0. The minimum Gasteiger partial charge on any atom is -0.507 e. The number of aliphatic hydroxyl groups excluding tert-OH is 2. The Kier molecular flexibility index (Phi) is 6.29. The molecule has 1 aromatic carbocycles. The fourth-order valence-corrected chi connectivity index (χ4v) is 6.46. The average Bonchev–Trinajstić information content (AvgIpc) is 2.77. The number of ketones is 2. The Morgan fingerprint density at radius 2 is 1.89 bits per heavy atom. The van der Waals surface area contributed by atoms with Crippen LogP contribution in [-0.4, -0.2) is 74.6 Å². The maximum Gasteiger partial charge on any atom is 0.230 e. The lowest BCUT2D eigenvalue weighted by Crippen LogP contribution is -2.73. The van der Waals surface area contributed by atoms with Crippen molar-refractivity contribution in [3.63, 3.8) is 0 Å². The standard InChI is InChI=1S/C25H33N3O7/c1-4-5-10-6-12(9-26)19(29)16-13(10)7-11-8-14-18(28(2)3)21(31)17(24(27)34)23(33)25(14,35)22(32)15(11)20(16)30/h6,11,14,17-18,21,29-31,35H,4-5,7-9,26H2,1-3H3,(H2,27,34)/t11-,14-,17?,18-,21?,25-/m1/s1. The molecule has 6 atom stereocenters. The van der Waals surface area contributed by atoms with E-state index in [0.717, 1.165) is 12.0 Å². The minimum atomic E-state index is -2.65. The fraction of sp³-hybridized carbons (Fsp3) is 0.560. The summed E-state index contributed by atoms with van der Waals surface area (Å²) in [4.78, 5) is 40.8. The van der Waals surface area contributed by atoms with E-state index >= 15 is 0 Å². The molecule has 0 aliphatic heterocycles. The van der Waals surface area contributed by atoms with E-state index in [1.165, 1.54) is 0 Å². The van der Waals surface area contributed by atoms with Gasteiger partial charge < -0.3 is 36.8 Å². The number of phenolic OH excluding ortho intramolecular Hbond substituents is 1. The molecule has 0 spiro atoms. The predicted octanol–water partition coefficient (Wildman–Crippen LogP) is -0.460. The molecule has 0 saturated heterocycles. The normalized spacial score (nSPS) is 32.4. The second kappa shape index (κ2) is 8.70. The molecule has 4 rings (SSSR count). The van der Waals surface area contributed by atoms with Gasteiger partial charge in [-0.15, -0.1) is 0 Å². The van der Waals surface area contributed by atoms with Crippen molar-refractivity contribution >= 4 is 23.2 Å². The molecule has 190 valence electrons. The van der Waals surface area contributed by atoms with Gasteiger partial charge in [0, 0.05) is 29.6 Å². The number of aromatic hydroxyl groups is 1. The molecule has 0 radical (unpaired) electrons. The molecule has 0 aromatic heterocycles. The van der Waals surface area contributed by atoms with Crippen molar-refractivity contribution < 1.29 is 34.8 Å². The van der Waals surface area contributed by atoms with E-state index in [4.69, 9.17) is 11.5 Å². The van der Waals surface area contributed by atoms with Crippen LogP contribution in [0.5, 0.6) is 5.75 Å². The van der Waals surface area contributed by atoms with E-state index in [1.807, 2.05) is 13.0 Å². The van der Waals surface area contributed by atoms with Crippen LogP contribution in [0.1, 0.15) is 42.0 Å². The quantitative estimate of drug-likeness (QED) is 0.299. The molecule has 2 saturated carbocycles. The molecule has 10 nitrogen and oxygen atoms in total. The highest BCUT2D eigenvalue weighted by molar-refractivity contribution is 6.25. The molecule has 0 heterocycles. The van der Waals surface area contributed by atoms with E-state index in [1.54, 1.807) is 19.0 Å². The number of primary amides is 1. The molecule has 3 aliphatic carbocycles. The number of carbonyl (C=O) groups excluding carboxylic acids is 3. The van der Waals surface area contributed by atoms with Gasteiger partial charge in [0.25, 0.3) is 0 Å². The van der Waals surface area contributed by atoms with Crippen molar-refractivity contribution in [1.82, 2.24) is 4.90 Å². The number of benzene rings is 1. The number of fused-ring (bicyclic) bond motifs is 3. The molecule has 0 bridgehead atoms. The third-order valence-electron chi connectivity index (χ3n) is 8.00. The number of carbonyl (C=O) groups is 3. The lowest BCUT2D eigenvalue weighted by Gasteiger charge is -2.53. The van der Waals surface area contributed by atoms with Crippen LogP contribution in [0, 0.1) is 17.8 Å². The van der Waals surface area contributed by atoms with Gasteiger partial charge >= 0.3 is 0 Å². The Balaban J connectivity index is 1.95. The zero-order valence-electron chi connectivity index (χ0n) is 20.1. The minimum absolute atomic E-state index is 0.0169. The predicted molar refractivity (Wildman–Crippen MR) is 126 cm³/mol. The van der Waals surface area contributed by atoms with E-state index in [0.29, 0.717) is 24.0 Å². The number of hydrogen-bond acceptors (Lipinski definition) is 9. The molecule has 10 heteroatoms. The van der Waals surface area contributed by atoms with Crippen molar-refractivity contribution in [3.8, 4) is 5.75 Å². The van der Waals surface area contributed by atoms with Gasteiger partial charge in [0.05, 0.1) is 11.7 Å². The molecule has 1 amide bonds. The second-order valence-corrected chi connectivity index (χ2v) is 10.1. The maximum absolute atomic E-state index is 13.8. The van der Waals surface area contributed by atoms with E-state index < -0.39 is 58.7 Å². The smallest absolute Gasteiger partial charge is 0.230 e. The van der Waals surface area contributed by atoms with Gasteiger partial charge in [-0.3, -0.25) is 14.4 Å². The number of aryl methyl sites for hydroxylation is 1. The first kappa shape index (κ1) is 25.3. The highest BCUT2D eigenvalue weighted by Crippen LogP contribution is 2.53. The topological polar surface area (TPSA) is 187 Å². The Hall–Kier alpha value is -2.79. The zero-order valence-corrected chi connectivity index (χ0v) is 20.1. The summed E-state index contributed by atoms with van der Waals surface area (Å²) in [6.07, 6.45) is 0.370. The number of amides is 1. The lowest BCUT2D eigenvalue weighted by molar-refractivity contribution is -0.184. The van der Waals surface area contributed by atoms with Gasteiger partial charge in [0.15, 0.2) is 11.4 Å². The molecule has 2 unspecified atom stereocenters. The van der Waals surface area contributed by atoms with Crippen LogP contribution in [0.15, 0.2) is 11.6 Å². The number of hydrogen-bond donors (Lipinski definition) is 6. The highest BCUT2D eigenvalue weighted by Gasteiger charge is 2.67.